The number of carbonyl (C=O) groups excluding carboxylic acids is 1. The van der Waals surface area contributed by atoms with Crippen LogP contribution in [0.4, 0.5) is 11.4 Å². The molecular weight excluding hydrogens is 356 g/mol. The van der Waals surface area contributed by atoms with Crippen molar-refractivity contribution < 1.29 is 14.1 Å². The Morgan fingerprint density at radius 3 is 2.69 bits per heavy atom. The van der Waals surface area contributed by atoms with Crippen molar-refractivity contribution in [2.75, 3.05) is 5.32 Å². The van der Waals surface area contributed by atoms with Crippen molar-refractivity contribution in [3.05, 3.63) is 81.1 Å². The predicted molar refractivity (Wildman–Crippen MR) is 99.6 cm³/mol. The van der Waals surface area contributed by atoms with Gasteiger partial charge in [0.1, 0.15) is 10.8 Å². The third-order valence-corrected chi connectivity index (χ3v) is 4.22. The van der Waals surface area contributed by atoms with E-state index in [1.165, 1.54) is 18.2 Å². The number of nitro benzene ring substituents is 1. The SMILES string of the molecule is CCc1ccccc1NC(=O)c1ccc(-c2ccc(Cl)c([N+](=O)[O-])c2)o1. The van der Waals surface area contributed by atoms with E-state index in [1.54, 1.807) is 12.1 Å². The number of halogens is 1. The number of nitrogens with one attached hydrogen (secondary N) is 1. The van der Waals surface area contributed by atoms with Gasteiger partial charge in [0.25, 0.3) is 11.6 Å². The van der Waals surface area contributed by atoms with Gasteiger partial charge in [-0.1, -0.05) is 36.7 Å². The number of anilines is 1. The molecule has 7 heteroatoms. The van der Waals surface area contributed by atoms with Crippen molar-refractivity contribution in [2.45, 2.75) is 13.3 Å². The molecule has 1 heterocycles. The highest BCUT2D eigenvalue weighted by atomic mass is 35.5. The molecule has 3 aromatic rings. The fraction of sp³-hybridized carbons (Fsp3) is 0.105. The number of furan rings is 1. The molecule has 26 heavy (non-hydrogen) atoms. The lowest BCUT2D eigenvalue weighted by Gasteiger charge is -2.08. The van der Waals surface area contributed by atoms with Crippen LogP contribution in [0.15, 0.2) is 59.0 Å². The van der Waals surface area contributed by atoms with Crippen LogP contribution < -0.4 is 5.32 Å². The summed E-state index contributed by atoms with van der Waals surface area (Å²) in [6, 6.07) is 15.0. The van der Waals surface area contributed by atoms with E-state index < -0.39 is 4.92 Å². The minimum absolute atomic E-state index is 0.0412. The third-order valence-electron chi connectivity index (χ3n) is 3.90. The van der Waals surface area contributed by atoms with Crippen LogP contribution in [0.1, 0.15) is 23.0 Å². The van der Waals surface area contributed by atoms with Crippen molar-refractivity contribution >= 4 is 28.9 Å². The van der Waals surface area contributed by atoms with Crippen molar-refractivity contribution in [3.8, 4) is 11.3 Å². The van der Waals surface area contributed by atoms with Gasteiger partial charge in [-0.3, -0.25) is 14.9 Å². The molecule has 0 saturated heterocycles. The second-order valence-electron chi connectivity index (χ2n) is 5.55. The number of hydrogen-bond donors (Lipinski definition) is 1. The molecule has 0 atom stereocenters. The number of carbonyl (C=O) groups is 1. The maximum Gasteiger partial charge on any atom is 0.291 e. The Labute approximate surface area is 154 Å². The fourth-order valence-corrected chi connectivity index (χ4v) is 2.74. The Morgan fingerprint density at radius 2 is 1.96 bits per heavy atom. The van der Waals surface area contributed by atoms with E-state index in [0.29, 0.717) is 11.3 Å². The molecule has 2 aromatic carbocycles. The van der Waals surface area contributed by atoms with Crippen LogP contribution in [0, 0.1) is 10.1 Å². The molecule has 0 fully saturated rings. The first-order chi connectivity index (χ1) is 12.5. The van der Waals surface area contributed by atoms with Gasteiger partial charge in [0.15, 0.2) is 5.76 Å². The average molecular weight is 371 g/mol. The van der Waals surface area contributed by atoms with Gasteiger partial charge >= 0.3 is 0 Å². The normalized spacial score (nSPS) is 10.5. The number of rotatable bonds is 5. The van der Waals surface area contributed by atoms with Crippen LogP contribution >= 0.6 is 11.6 Å². The molecule has 0 unspecified atom stereocenters. The molecule has 132 valence electrons. The summed E-state index contributed by atoms with van der Waals surface area (Å²) in [7, 11) is 0. The molecule has 0 aliphatic heterocycles. The highest BCUT2D eigenvalue weighted by molar-refractivity contribution is 6.32. The van der Waals surface area contributed by atoms with Gasteiger partial charge in [-0.2, -0.15) is 0 Å². The second kappa shape index (κ2) is 7.41. The van der Waals surface area contributed by atoms with Gasteiger partial charge in [-0.25, -0.2) is 0 Å². The van der Waals surface area contributed by atoms with E-state index in [0.717, 1.165) is 17.7 Å². The molecule has 1 amide bonds. The highest BCUT2D eigenvalue weighted by Gasteiger charge is 2.17. The number of nitrogens with zero attached hydrogens (tertiary/aromatic N) is 1. The number of amides is 1. The minimum atomic E-state index is -0.565. The van der Waals surface area contributed by atoms with Crippen LogP contribution in [-0.2, 0) is 6.42 Å². The standard InChI is InChI=1S/C19H15ClN2O4/c1-2-12-5-3-4-6-15(12)21-19(23)18-10-9-17(26-18)13-7-8-14(20)16(11-13)22(24)25/h3-11H,2H2,1H3,(H,21,23). The lowest BCUT2D eigenvalue weighted by molar-refractivity contribution is -0.384. The lowest BCUT2D eigenvalue weighted by atomic mass is 10.1. The Hall–Kier alpha value is -3.12. The van der Waals surface area contributed by atoms with Gasteiger partial charge < -0.3 is 9.73 Å². The number of benzene rings is 2. The average Bonchev–Trinajstić information content (AvgIpc) is 3.12. The van der Waals surface area contributed by atoms with Crippen LogP contribution in [0.25, 0.3) is 11.3 Å². The van der Waals surface area contributed by atoms with Gasteiger partial charge in [-0.15, -0.1) is 0 Å². The molecule has 0 bridgehead atoms. The lowest BCUT2D eigenvalue weighted by Crippen LogP contribution is -2.12. The summed E-state index contributed by atoms with van der Waals surface area (Å²) in [4.78, 5) is 22.9. The molecule has 0 saturated carbocycles. The summed E-state index contributed by atoms with van der Waals surface area (Å²) >= 11 is 5.82. The van der Waals surface area contributed by atoms with E-state index in [-0.39, 0.29) is 22.4 Å². The van der Waals surface area contributed by atoms with E-state index in [2.05, 4.69) is 5.32 Å². The first-order valence-electron chi connectivity index (χ1n) is 7.93. The zero-order chi connectivity index (χ0) is 18.7. The van der Waals surface area contributed by atoms with Gasteiger partial charge in [0, 0.05) is 17.3 Å². The summed E-state index contributed by atoms with van der Waals surface area (Å²) in [5.41, 5.74) is 1.98. The predicted octanol–water partition coefficient (Wildman–Crippen LogP) is 5.32. The monoisotopic (exact) mass is 370 g/mol. The van der Waals surface area contributed by atoms with Crippen LogP contribution in [0.2, 0.25) is 5.02 Å². The minimum Gasteiger partial charge on any atom is -0.451 e. The van der Waals surface area contributed by atoms with Crippen molar-refractivity contribution in [1.82, 2.24) is 0 Å². The maximum absolute atomic E-state index is 12.4. The molecule has 0 aliphatic rings. The van der Waals surface area contributed by atoms with Gasteiger partial charge in [0.05, 0.1) is 4.92 Å². The van der Waals surface area contributed by atoms with E-state index in [9.17, 15) is 14.9 Å². The largest absolute Gasteiger partial charge is 0.451 e. The Bertz CT molecular complexity index is 981. The smallest absolute Gasteiger partial charge is 0.291 e. The van der Waals surface area contributed by atoms with Gasteiger partial charge in [0.2, 0.25) is 0 Å². The molecule has 0 spiro atoms. The van der Waals surface area contributed by atoms with Crippen molar-refractivity contribution in [1.29, 1.82) is 0 Å². The number of para-hydroxylation sites is 1. The summed E-state index contributed by atoms with van der Waals surface area (Å²) in [6.45, 7) is 2.00. The van der Waals surface area contributed by atoms with Gasteiger partial charge in [-0.05, 0) is 42.3 Å². The Balaban J connectivity index is 1.85. The number of aryl methyl sites for hydroxylation is 1. The first kappa shape index (κ1) is 17.7. The van der Waals surface area contributed by atoms with Crippen molar-refractivity contribution in [3.63, 3.8) is 0 Å². The Morgan fingerprint density at radius 1 is 1.19 bits per heavy atom. The van der Waals surface area contributed by atoms with E-state index in [1.807, 2.05) is 31.2 Å². The molecule has 3 rings (SSSR count). The summed E-state index contributed by atoms with van der Waals surface area (Å²) in [6.07, 6.45) is 0.786. The maximum atomic E-state index is 12.4. The molecular formula is C19H15ClN2O4. The number of hydrogen-bond acceptors (Lipinski definition) is 4. The second-order valence-corrected chi connectivity index (χ2v) is 5.96. The first-order valence-corrected chi connectivity index (χ1v) is 8.30. The van der Waals surface area contributed by atoms with E-state index in [4.69, 9.17) is 16.0 Å². The zero-order valence-corrected chi connectivity index (χ0v) is 14.6. The fourth-order valence-electron chi connectivity index (χ4n) is 2.56. The number of nitro groups is 1. The van der Waals surface area contributed by atoms with Crippen LogP contribution in [0.3, 0.4) is 0 Å². The van der Waals surface area contributed by atoms with Crippen LogP contribution in [0.5, 0.6) is 0 Å². The molecule has 6 nitrogen and oxygen atoms in total. The topological polar surface area (TPSA) is 85.4 Å². The Kier molecular flexibility index (Phi) is 5.04. The zero-order valence-electron chi connectivity index (χ0n) is 13.9. The van der Waals surface area contributed by atoms with Crippen LogP contribution in [-0.4, -0.2) is 10.8 Å². The summed E-state index contributed by atoms with van der Waals surface area (Å²) in [5, 5.41) is 13.9. The summed E-state index contributed by atoms with van der Waals surface area (Å²) < 4.78 is 5.57. The molecule has 1 aromatic heterocycles. The highest BCUT2D eigenvalue weighted by Crippen LogP contribution is 2.31. The van der Waals surface area contributed by atoms with E-state index >= 15 is 0 Å². The summed E-state index contributed by atoms with van der Waals surface area (Å²) in [5.74, 6) is 0.0721. The third kappa shape index (κ3) is 3.60. The quantitative estimate of drug-likeness (QED) is 0.486. The molecule has 0 aliphatic carbocycles. The van der Waals surface area contributed by atoms with Crippen molar-refractivity contribution in [2.24, 2.45) is 0 Å². The molecule has 0 radical (unpaired) electrons. The molecule has 1 N–H and O–H groups in total.